The average Bonchev–Trinajstić information content (AvgIpc) is 3.08. The molecule has 0 atom stereocenters. The molecule has 2 heteroatoms. The first-order chi connectivity index (χ1) is 8.64. The molecule has 0 radical (unpaired) electrons. The van der Waals surface area contributed by atoms with Crippen LogP contribution in [0.4, 0.5) is 0 Å². The van der Waals surface area contributed by atoms with E-state index in [0.29, 0.717) is 10.8 Å². The van der Waals surface area contributed by atoms with E-state index in [4.69, 9.17) is 0 Å². The van der Waals surface area contributed by atoms with E-state index in [-0.39, 0.29) is 0 Å². The first-order valence-corrected chi connectivity index (χ1v) is 14.7. The molecule has 0 spiro atoms. The molecule has 3 aliphatic rings. The maximum atomic E-state index is 3.75. The molecule has 0 heterocycles. The summed E-state index contributed by atoms with van der Waals surface area (Å²) in [6.45, 7) is 14.1. The van der Waals surface area contributed by atoms with E-state index < -0.39 is 16.1 Å². The van der Waals surface area contributed by atoms with Gasteiger partial charge in [-0.15, -0.1) is 22.9 Å². The van der Waals surface area contributed by atoms with E-state index >= 15 is 0 Å². The van der Waals surface area contributed by atoms with Gasteiger partial charge in [-0.1, -0.05) is 45.7 Å². The zero-order chi connectivity index (χ0) is 14.1. The minimum absolute atomic E-state index is 0.373. The highest BCUT2D eigenvalue weighted by Gasteiger charge is 2.97. The van der Waals surface area contributed by atoms with E-state index in [1.165, 1.54) is 19.3 Å². The monoisotopic (exact) mass is 286 g/mol. The molecule has 0 bridgehead atoms. The molecule has 0 aliphatic heterocycles. The van der Waals surface area contributed by atoms with Gasteiger partial charge >= 0.3 is 0 Å². The smallest absolute Gasteiger partial charge is 0.129 e. The summed E-state index contributed by atoms with van der Waals surface area (Å²) < 4.78 is 0. The summed E-state index contributed by atoms with van der Waals surface area (Å²) in [6.07, 6.45) is 4.19. The molecule has 0 unspecified atom stereocenters. The lowest BCUT2D eigenvalue weighted by Gasteiger charge is -2.24. The molecule has 3 rings (SSSR count). The molecule has 0 aromatic rings. The van der Waals surface area contributed by atoms with Crippen molar-refractivity contribution in [2.75, 3.05) is 0 Å². The molecule has 0 aromatic heterocycles. The van der Waals surface area contributed by atoms with E-state index in [2.05, 4.69) is 62.2 Å². The fourth-order valence-electron chi connectivity index (χ4n) is 4.17. The number of hydrogen-bond acceptors (Lipinski definition) is 0. The third-order valence-electron chi connectivity index (χ3n) is 4.99. The molecule has 0 amide bonds. The molecule has 3 aliphatic carbocycles. The van der Waals surface area contributed by atoms with E-state index in [0.717, 1.165) is 11.8 Å². The van der Waals surface area contributed by atoms with E-state index in [1.54, 1.807) is 0 Å². The van der Waals surface area contributed by atoms with Crippen molar-refractivity contribution in [3.63, 3.8) is 0 Å². The van der Waals surface area contributed by atoms with Gasteiger partial charge in [-0.05, 0) is 24.7 Å². The number of fused-ring (bicyclic) bond motifs is 2. The Morgan fingerprint density at radius 1 is 0.737 bits per heavy atom. The third-order valence-corrected chi connectivity index (χ3v) is 6.74. The topological polar surface area (TPSA) is 0 Å². The summed E-state index contributed by atoms with van der Waals surface area (Å²) in [5, 5.41) is 0. The van der Waals surface area contributed by atoms with Crippen LogP contribution in [-0.2, 0) is 0 Å². The van der Waals surface area contributed by atoms with Crippen LogP contribution in [0.5, 0.6) is 0 Å². The van der Waals surface area contributed by atoms with E-state index in [9.17, 15) is 0 Å². The lowest BCUT2D eigenvalue weighted by Crippen LogP contribution is -2.21. The van der Waals surface area contributed by atoms with Gasteiger partial charge in [0.25, 0.3) is 0 Å². The van der Waals surface area contributed by atoms with Crippen molar-refractivity contribution in [3.05, 3.63) is 0 Å². The zero-order valence-electron chi connectivity index (χ0n) is 13.3. The number of rotatable bonds is 0. The van der Waals surface area contributed by atoms with Gasteiger partial charge in [0.2, 0.25) is 0 Å². The largest absolute Gasteiger partial charge is 0.131 e. The summed E-state index contributed by atoms with van der Waals surface area (Å²) in [4.78, 5) is 0. The van der Waals surface area contributed by atoms with Gasteiger partial charge in [0.15, 0.2) is 0 Å². The van der Waals surface area contributed by atoms with Crippen LogP contribution in [0.3, 0.4) is 0 Å². The van der Waals surface area contributed by atoms with Gasteiger partial charge in [0.05, 0.1) is 10.8 Å². The summed E-state index contributed by atoms with van der Waals surface area (Å²) >= 11 is 0. The summed E-state index contributed by atoms with van der Waals surface area (Å²) in [6, 6.07) is 0. The SMILES string of the molecule is C[Si](C)(C)C#CC12C3CCCC1C32C#C[Si](C)(C)C. The highest BCUT2D eigenvalue weighted by Crippen LogP contribution is 2.97. The van der Waals surface area contributed by atoms with Crippen LogP contribution >= 0.6 is 0 Å². The van der Waals surface area contributed by atoms with Crippen LogP contribution in [0, 0.1) is 45.6 Å². The second-order valence-corrected chi connectivity index (χ2v) is 18.3. The van der Waals surface area contributed by atoms with E-state index in [1.807, 2.05) is 0 Å². The highest BCUT2D eigenvalue weighted by molar-refractivity contribution is 6.84. The Balaban J connectivity index is 1.89. The average molecular weight is 287 g/mol. The van der Waals surface area contributed by atoms with Crippen molar-refractivity contribution in [1.82, 2.24) is 0 Å². The summed E-state index contributed by atoms with van der Waals surface area (Å²) in [5.74, 6) is 9.18. The standard InChI is InChI=1S/C17H26Si2/c1-18(2,3)12-10-16-14-8-7-9-15(16)17(14,16)11-13-19(4,5)6/h14-15H,7-9H2,1-6H3. The minimum atomic E-state index is -1.24. The predicted octanol–water partition coefficient (Wildman–Crippen LogP) is 4.16. The predicted molar refractivity (Wildman–Crippen MR) is 87.9 cm³/mol. The normalized spacial score (nSPS) is 42.2. The summed E-state index contributed by atoms with van der Waals surface area (Å²) in [5.41, 5.74) is 8.04. The molecule has 0 nitrogen and oxygen atoms in total. The van der Waals surface area contributed by atoms with Crippen molar-refractivity contribution in [2.45, 2.75) is 58.5 Å². The van der Waals surface area contributed by atoms with Gasteiger partial charge in [-0.2, -0.15) is 0 Å². The molecule has 3 saturated carbocycles. The maximum absolute atomic E-state index is 3.75. The Labute approximate surface area is 120 Å². The fraction of sp³-hybridized carbons (Fsp3) is 0.765. The lowest BCUT2D eigenvalue weighted by atomic mass is 9.79. The van der Waals surface area contributed by atoms with Crippen molar-refractivity contribution >= 4 is 16.1 Å². The van der Waals surface area contributed by atoms with Crippen LogP contribution in [0.2, 0.25) is 39.3 Å². The zero-order valence-corrected chi connectivity index (χ0v) is 15.3. The Morgan fingerprint density at radius 2 is 1.11 bits per heavy atom. The molecule has 102 valence electrons. The maximum Gasteiger partial charge on any atom is 0.129 e. The molecular weight excluding hydrogens is 260 g/mol. The third kappa shape index (κ3) is 1.80. The molecule has 0 saturated heterocycles. The highest BCUT2D eigenvalue weighted by atomic mass is 28.3. The molecule has 0 aromatic carbocycles. The lowest BCUT2D eigenvalue weighted by molar-refractivity contribution is 0.282. The Bertz CT molecular complexity index is 478. The van der Waals surface area contributed by atoms with Crippen LogP contribution in [0.15, 0.2) is 0 Å². The first kappa shape index (κ1) is 13.5. The van der Waals surface area contributed by atoms with Crippen molar-refractivity contribution in [3.8, 4) is 22.9 Å². The quantitative estimate of drug-likeness (QED) is 0.463. The van der Waals surface area contributed by atoms with Crippen molar-refractivity contribution in [1.29, 1.82) is 0 Å². The van der Waals surface area contributed by atoms with Crippen molar-refractivity contribution < 1.29 is 0 Å². The van der Waals surface area contributed by atoms with Crippen LogP contribution in [0.1, 0.15) is 19.3 Å². The molecule has 19 heavy (non-hydrogen) atoms. The minimum Gasteiger partial charge on any atom is -0.131 e. The van der Waals surface area contributed by atoms with Gasteiger partial charge in [0.1, 0.15) is 16.1 Å². The van der Waals surface area contributed by atoms with Crippen LogP contribution in [-0.4, -0.2) is 16.1 Å². The van der Waals surface area contributed by atoms with Gasteiger partial charge in [0, 0.05) is 0 Å². The Kier molecular flexibility index (Phi) is 2.56. The van der Waals surface area contributed by atoms with Gasteiger partial charge in [-0.3, -0.25) is 0 Å². The molecule has 0 N–H and O–H groups in total. The fourth-order valence-corrected chi connectivity index (χ4v) is 5.33. The van der Waals surface area contributed by atoms with Gasteiger partial charge < -0.3 is 0 Å². The molecular formula is C17H26Si2. The molecule has 3 fully saturated rings. The summed E-state index contributed by atoms with van der Waals surface area (Å²) in [7, 11) is -2.48. The number of hydrogen-bond donors (Lipinski definition) is 0. The van der Waals surface area contributed by atoms with Crippen molar-refractivity contribution in [2.24, 2.45) is 22.7 Å². The van der Waals surface area contributed by atoms with Crippen LogP contribution < -0.4 is 0 Å². The Morgan fingerprint density at radius 3 is 1.42 bits per heavy atom. The van der Waals surface area contributed by atoms with Crippen LogP contribution in [0.25, 0.3) is 0 Å². The van der Waals surface area contributed by atoms with Gasteiger partial charge in [-0.25, -0.2) is 0 Å². The second kappa shape index (κ2) is 3.60. The Hall–Kier alpha value is -0.446. The first-order valence-electron chi connectivity index (χ1n) is 7.72. The second-order valence-electron chi connectivity index (χ2n) is 8.77.